The predicted octanol–water partition coefficient (Wildman–Crippen LogP) is 6.12. The molecule has 2 fully saturated rings. The van der Waals surface area contributed by atoms with Gasteiger partial charge < -0.3 is 36.1 Å². The van der Waals surface area contributed by atoms with Crippen molar-refractivity contribution in [1.29, 1.82) is 0 Å². The number of hydrogen-bond acceptors (Lipinski definition) is 15. The standard InChI is InChI=1S/C40H47N9O12S4/c50-48(51)33-9-1-3-11-35(33)64(54,55)46(60-37-13-5-7-27-58-37)25-23-41-39(62)44-31-19-15-29(16-20-31)43-30-17-21-32(22-18-30)45-40(63)42-24-26-47(61-38-14-6-8-28-59-38)65(56,57)36-12-4-2-10-34(36)49(52)53/h1-4,9-12,15-22,37-38,43H,5-8,13-14,23-28H2,(H2,41,44,62)(H2,42,45,63). The van der Waals surface area contributed by atoms with Crippen LogP contribution in [0, 0.1) is 20.2 Å². The molecule has 2 saturated heterocycles. The second kappa shape index (κ2) is 23.1. The van der Waals surface area contributed by atoms with E-state index < -0.39 is 63.6 Å². The molecule has 4 aromatic rings. The molecule has 2 atom stereocenters. The van der Waals surface area contributed by atoms with Crippen LogP contribution in [0.4, 0.5) is 34.1 Å². The number of sulfonamides is 2. The Kier molecular flexibility index (Phi) is 17.4. The summed E-state index contributed by atoms with van der Waals surface area (Å²) in [6.45, 7) is 0.318. The van der Waals surface area contributed by atoms with E-state index in [4.69, 9.17) is 43.6 Å². The summed E-state index contributed by atoms with van der Waals surface area (Å²) in [5.41, 5.74) is 1.64. The van der Waals surface area contributed by atoms with Crippen molar-refractivity contribution in [3.05, 3.63) is 117 Å². The highest BCUT2D eigenvalue weighted by Gasteiger charge is 2.36. The van der Waals surface area contributed by atoms with E-state index >= 15 is 0 Å². The maximum Gasteiger partial charge on any atom is 0.289 e. The fourth-order valence-electron chi connectivity index (χ4n) is 6.49. The van der Waals surface area contributed by atoms with Crippen LogP contribution in [0.5, 0.6) is 0 Å². The van der Waals surface area contributed by atoms with Gasteiger partial charge in [-0.2, -0.15) is 0 Å². The van der Waals surface area contributed by atoms with Crippen LogP contribution in [0.25, 0.3) is 0 Å². The maximum atomic E-state index is 13.6. The van der Waals surface area contributed by atoms with Gasteiger partial charge in [-0.1, -0.05) is 33.2 Å². The third kappa shape index (κ3) is 13.8. The summed E-state index contributed by atoms with van der Waals surface area (Å²) in [6.07, 6.45) is 2.41. The highest BCUT2D eigenvalue weighted by Crippen LogP contribution is 2.30. The number of thiocarbonyl (C=S) groups is 2. The fourth-order valence-corrected chi connectivity index (χ4v) is 9.77. The van der Waals surface area contributed by atoms with Crippen LogP contribution in [0.15, 0.2) is 107 Å². The highest BCUT2D eigenvalue weighted by atomic mass is 32.2. The van der Waals surface area contributed by atoms with E-state index in [0.717, 1.165) is 61.3 Å². The van der Waals surface area contributed by atoms with Crippen LogP contribution in [-0.4, -0.2) is 97.8 Å². The Hall–Kier alpha value is -5.48. The second-order valence-corrected chi connectivity index (χ2v) is 18.8. The van der Waals surface area contributed by atoms with E-state index in [1.165, 1.54) is 24.3 Å². The number of nitro benzene ring substituents is 2. The van der Waals surface area contributed by atoms with Crippen molar-refractivity contribution in [1.82, 2.24) is 19.6 Å². The molecule has 0 amide bonds. The second-order valence-electron chi connectivity index (χ2n) is 14.4. The van der Waals surface area contributed by atoms with Crippen molar-refractivity contribution in [2.24, 2.45) is 0 Å². The minimum atomic E-state index is -4.47. The Morgan fingerprint density at radius 1 is 0.600 bits per heavy atom. The Morgan fingerprint density at radius 3 is 1.32 bits per heavy atom. The van der Waals surface area contributed by atoms with Crippen molar-refractivity contribution in [2.75, 3.05) is 55.3 Å². The van der Waals surface area contributed by atoms with Gasteiger partial charge in [-0.15, -0.1) is 0 Å². The number of rotatable bonds is 20. The van der Waals surface area contributed by atoms with Crippen LogP contribution >= 0.6 is 24.4 Å². The zero-order chi connectivity index (χ0) is 46.4. The minimum Gasteiger partial charge on any atom is -0.361 e. The monoisotopic (exact) mass is 973 g/mol. The van der Waals surface area contributed by atoms with Crippen molar-refractivity contribution in [3.63, 3.8) is 0 Å². The zero-order valence-corrected chi connectivity index (χ0v) is 38.0. The van der Waals surface area contributed by atoms with Gasteiger partial charge in [-0.25, -0.2) is 16.8 Å². The lowest BCUT2D eigenvalue weighted by Gasteiger charge is -2.29. The largest absolute Gasteiger partial charge is 0.361 e. The topological polar surface area (TPSA) is 258 Å². The Bertz CT molecular complexity index is 2340. The van der Waals surface area contributed by atoms with E-state index in [1.54, 1.807) is 24.3 Å². The summed E-state index contributed by atoms with van der Waals surface area (Å²) >= 11 is 10.9. The van der Waals surface area contributed by atoms with Crippen molar-refractivity contribution < 1.29 is 45.8 Å². The molecular weight excluding hydrogens is 927 g/mol. The Balaban J connectivity index is 0.971. The summed E-state index contributed by atoms with van der Waals surface area (Å²) in [6, 6.07) is 24.5. The van der Waals surface area contributed by atoms with Gasteiger partial charge in [0, 0.05) is 74.0 Å². The van der Waals surface area contributed by atoms with Gasteiger partial charge >= 0.3 is 0 Å². The number of anilines is 4. The van der Waals surface area contributed by atoms with Gasteiger partial charge in [0.1, 0.15) is 0 Å². The number of ether oxygens (including phenoxy) is 2. The first-order valence-electron chi connectivity index (χ1n) is 20.4. The molecule has 0 bridgehead atoms. The lowest BCUT2D eigenvalue weighted by Crippen LogP contribution is -2.42. The number of hydroxylamine groups is 2. The summed E-state index contributed by atoms with van der Waals surface area (Å²) < 4.78 is 67.0. The Labute approximate surface area is 386 Å². The third-order valence-electron chi connectivity index (χ3n) is 9.70. The van der Waals surface area contributed by atoms with Crippen molar-refractivity contribution in [3.8, 4) is 0 Å². The molecule has 2 aliphatic rings. The molecule has 0 saturated carbocycles. The van der Waals surface area contributed by atoms with Gasteiger partial charge in [0.25, 0.3) is 31.4 Å². The molecule has 0 radical (unpaired) electrons. The SMILES string of the molecule is O=[N+]([O-])c1ccccc1S(=O)(=O)N(CCNC(=S)Nc1ccc(Nc2ccc(NC(=S)NCCN(OC3CCCCO3)S(=O)(=O)c3ccccc3[N+](=O)[O-])cc2)cc1)OC1CCCCO1. The van der Waals surface area contributed by atoms with Crippen molar-refractivity contribution in [2.45, 2.75) is 60.9 Å². The zero-order valence-electron chi connectivity index (χ0n) is 34.7. The van der Waals surface area contributed by atoms with Crippen LogP contribution in [0.1, 0.15) is 38.5 Å². The highest BCUT2D eigenvalue weighted by molar-refractivity contribution is 7.89. The first-order chi connectivity index (χ1) is 31.2. The maximum absolute atomic E-state index is 13.6. The van der Waals surface area contributed by atoms with Gasteiger partial charge in [0.2, 0.25) is 0 Å². The minimum absolute atomic E-state index is 0.00104. The third-order valence-corrected chi connectivity index (χ3v) is 13.6. The average Bonchev–Trinajstić information content (AvgIpc) is 3.30. The molecule has 2 unspecified atom stereocenters. The molecule has 0 aromatic heterocycles. The summed E-state index contributed by atoms with van der Waals surface area (Å²) in [4.78, 5) is 32.2. The van der Waals surface area contributed by atoms with Crippen LogP contribution < -0.4 is 26.6 Å². The van der Waals surface area contributed by atoms with E-state index in [0.29, 0.717) is 46.4 Å². The molecular formula is C40H47N9O12S4. The van der Waals surface area contributed by atoms with Crippen molar-refractivity contribution >= 4 is 88.8 Å². The molecule has 4 aromatic carbocycles. The van der Waals surface area contributed by atoms with Crippen LogP contribution in [-0.2, 0) is 39.2 Å². The van der Waals surface area contributed by atoms with Gasteiger partial charge in [-0.3, -0.25) is 29.9 Å². The molecule has 21 nitrogen and oxygen atoms in total. The first kappa shape index (κ1) is 49.0. The summed E-state index contributed by atoms with van der Waals surface area (Å²) in [7, 11) is -8.94. The van der Waals surface area contributed by atoms with E-state index in [2.05, 4.69) is 26.6 Å². The number of nitrogens with one attached hydrogen (secondary N) is 5. The number of para-hydroxylation sites is 2. The number of benzene rings is 4. The summed E-state index contributed by atoms with van der Waals surface area (Å²) in [5, 5.41) is 38.9. The molecule has 0 aliphatic carbocycles. The molecule has 2 aliphatic heterocycles. The van der Waals surface area contributed by atoms with E-state index in [-0.39, 0.29) is 36.4 Å². The van der Waals surface area contributed by atoms with Gasteiger partial charge in [0.15, 0.2) is 32.6 Å². The quantitative estimate of drug-likeness (QED) is 0.0380. The van der Waals surface area contributed by atoms with Gasteiger partial charge in [-0.05, 0) is 111 Å². The molecule has 348 valence electrons. The first-order valence-corrected chi connectivity index (χ1v) is 24.1. The van der Waals surface area contributed by atoms with E-state index in [1.807, 2.05) is 24.3 Å². The molecule has 25 heteroatoms. The fraction of sp³-hybridized carbons (Fsp3) is 0.350. The normalized spacial score (nSPS) is 16.6. The van der Waals surface area contributed by atoms with Crippen LogP contribution in [0.3, 0.4) is 0 Å². The average molecular weight is 974 g/mol. The number of nitro groups is 2. The molecule has 2 heterocycles. The molecule has 5 N–H and O–H groups in total. The molecule has 6 rings (SSSR count). The lowest BCUT2D eigenvalue weighted by molar-refractivity contribution is -0.388. The number of nitrogens with zero attached hydrogens (tertiary/aromatic N) is 4. The lowest BCUT2D eigenvalue weighted by atomic mass is 10.2. The predicted molar refractivity (Wildman–Crippen MR) is 248 cm³/mol. The Morgan fingerprint density at radius 2 is 0.969 bits per heavy atom. The molecule has 65 heavy (non-hydrogen) atoms. The smallest absolute Gasteiger partial charge is 0.289 e. The molecule has 0 spiro atoms. The number of hydrogen-bond donors (Lipinski definition) is 5. The van der Waals surface area contributed by atoms with Crippen LogP contribution in [0.2, 0.25) is 0 Å². The van der Waals surface area contributed by atoms with E-state index in [9.17, 15) is 37.1 Å². The summed E-state index contributed by atoms with van der Waals surface area (Å²) in [5.74, 6) is 0. The van der Waals surface area contributed by atoms with Gasteiger partial charge in [0.05, 0.1) is 22.9 Å².